The Labute approximate surface area is 94.6 Å². The summed E-state index contributed by atoms with van der Waals surface area (Å²) < 4.78 is 6.07. The molecule has 0 saturated carbocycles. The number of aromatic nitrogens is 4. The van der Waals surface area contributed by atoms with E-state index in [0.717, 1.165) is 11.4 Å². The van der Waals surface area contributed by atoms with Crippen LogP contribution in [0.15, 0.2) is 6.20 Å². The molecule has 0 aliphatic rings. The van der Waals surface area contributed by atoms with Gasteiger partial charge >= 0.3 is 0 Å². The third kappa shape index (κ3) is 1.75. The van der Waals surface area contributed by atoms with Crippen LogP contribution in [0.5, 0.6) is 0 Å². The minimum atomic E-state index is 0.508. The molecule has 0 bridgehead atoms. The molecule has 0 aromatic carbocycles. The summed E-state index contributed by atoms with van der Waals surface area (Å²) in [5.74, 6) is 0. The van der Waals surface area contributed by atoms with E-state index in [2.05, 4.69) is 14.7 Å². The molecule has 0 aliphatic carbocycles. The molecule has 0 saturated heterocycles. The number of hydrogen-bond donors (Lipinski definition) is 0. The minimum Gasteiger partial charge on any atom is -0.262 e. The van der Waals surface area contributed by atoms with Gasteiger partial charge in [-0.15, -0.1) is 5.10 Å². The molecule has 0 fully saturated rings. The first-order valence-corrected chi connectivity index (χ1v) is 5.36. The molecule has 2 aromatic heterocycles. The van der Waals surface area contributed by atoms with Crippen LogP contribution in [0.25, 0.3) is 0 Å². The largest absolute Gasteiger partial charge is 0.262 e. The van der Waals surface area contributed by atoms with Crippen LogP contribution in [-0.4, -0.2) is 19.4 Å². The fourth-order valence-corrected chi connectivity index (χ4v) is 1.77. The summed E-state index contributed by atoms with van der Waals surface area (Å²) in [7, 11) is 0. The van der Waals surface area contributed by atoms with Crippen LogP contribution in [0, 0.1) is 6.92 Å². The van der Waals surface area contributed by atoms with Crippen molar-refractivity contribution in [2.75, 3.05) is 0 Å². The topological polar surface area (TPSA) is 43.6 Å². The highest BCUT2D eigenvalue weighted by molar-refractivity contribution is 7.10. The van der Waals surface area contributed by atoms with Crippen LogP contribution < -0.4 is 0 Å². The van der Waals surface area contributed by atoms with Gasteiger partial charge in [-0.25, -0.2) is 0 Å². The fraction of sp³-hybridized carbons (Fsp3) is 0.286. The van der Waals surface area contributed by atoms with Crippen molar-refractivity contribution >= 4 is 34.7 Å². The summed E-state index contributed by atoms with van der Waals surface area (Å²) in [4.78, 5) is 0. The van der Waals surface area contributed by atoms with Gasteiger partial charge in [0.2, 0.25) is 0 Å². The quantitative estimate of drug-likeness (QED) is 0.820. The maximum absolute atomic E-state index is 5.87. The molecule has 74 valence electrons. The molecule has 0 N–H and O–H groups in total. The Bertz CT molecular complexity index is 450. The van der Waals surface area contributed by atoms with Crippen LogP contribution in [0.2, 0.25) is 9.36 Å². The van der Waals surface area contributed by atoms with Gasteiger partial charge in [0, 0.05) is 11.5 Å². The summed E-state index contributed by atoms with van der Waals surface area (Å²) >= 11 is 12.9. The van der Waals surface area contributed by atoms with Crippen molar-refractivity contribution in [2.24, 2.45) is 0 Å². The van der Waals surface area contributed by atoms with E-state index < -0.39 is 0 Å². The lowest BCUT2D eigenvalue weighted by Gasteiger charge is -2.00. The van der Waals surface area contributed by atoms with Gasteiger partial charge in [-0.2, -0.15) is 5.10 Å². The van der Waals surface area contributed by atoms with E-state index in [-0.39, 0.29) is 0 Å². The monoisotopic (exact) mass is 248 g/mol. The smallest absolute Gasteiger partial charge is 0.139 e. The first-order chi connectivity index (χ1) is 6.68. The highest BCUT2D eigenvalue weighted by Gasteiger charge is 2.09. The predicted molar refractivity (Wildman–Crippen MR) is 56.0 cm³/mol. The van der Waals surface area contributed by atoms with Gasteiger partial charge in [-0.05, 0) is 6.92 Å². The molecule has 0 spiro atoms. The molecular formula is C7H6Cl2N4S. The molecule has 2 heterocycles. The second-order valence-corrected chi connectivity index (χ2v) is 4.49. The third-order valence-corrected chi connectivity index (χ3v) is 3.21. The zero-order valence-corrected chi connectivity index (χ0v) is 9.57. The van der Waals surface area contributed by atoms with Gasteiger partial charge in [0.1, 0.15) is 10.0 Å². The third-order valence-electron chi connectivity index (χ3n) is 1.85. The van der Waals surface area contributed by atoms with Gasteiger partial charge in [0.15, 0.2) is 0 Å². The maximum atomic E-state index is 5.87. The van der Waals surface area contributed by atoms with Gasteiger partial charge in [0.25, 0.3) is 0 Å². The first kappa shape index (κ1) is 9.89. The SMILES string of the molecule is Cc1c(Cl)cnn1Cc1nnsc1Cl. The highest BCUT2D eigenvalue weighted by Crippen LogP contribution is 2.20. The van der Waals surface area contributed by atoms with E-state index in [1.54, 1.807) is 10.9 Å². The van der Waals surface area contributed by atoms with Gasteiger partial charge in [-0.1, -0.05) is 27.7 Å². The standard InChI is InChI=1S/C7H6Cl2N4S/c1-4-5(8)2-10-13(4)3-6-7(9)14-12-11-6/h2H,3H2,1H3. The summed E-state index contributed by atoms with van der Waals surface area (Å²) in [5.41, 5.74) is 1.62. The Hall–Kier alpha value is -0.650. The van der Waals surface area contributed by atoms with Crippen molar-refractivity contribution in [2.45, 2.75) is 13.5 Å². The molecule has 4 nitrogen and oxygen atoms in total. The summed E-state index contributed by atoms with van der Waals surface area (Å²) in [5, 5.41) is 8.63. The van der Waals surface area contributed by atoms with Crippen LogP contribution in [0.3, 0.4) is 0 Å². The normalized spacial score (nSPS) is 10.8. The molecule has 7 heteroatoms. The van der Waals surface area contributed by atoms with Crippen LogP contribution in [0.1, 0.15) is 11.4 Å². The lowest BCUT2D eigenvalue weighted by Crippen LogP contribution is -2.04. The van der Waals surface area contributed by atoms with Crippen LogP contribution >= 0.6 is 34.7 Å². The van der Waals surface area contributed by atoms with E-state index in [0.29, 0.717) is 15.9 Å². The average molecular weight is 249 g/mol. The lowest BCUT2D eigenvalue weighted by molar-refractivity contribution is 0.651. The van der Waals surface area contributed by atoms with Crippen molar-refractivity contribution < 1.29 is 0 Å². The van der Waals surface area contributed by atoms with Gasteiger partial charge < -0.3 is 0 Å². The first-order valence-electron chi connectivity index (χ1n) is 3.83. The lowest BCUT2D eigenvalue weighted by atomic mass is 10.4. The van der Waals surface area contributed by atoms with E-state index in [4.69, 9.17) is 23.2 Å². The molecule has 0 amide bonds. The number of nitrogens with zero attached hydrogens (tertiary/aromatic N) is 4. The van der Waals surface area contributed by atoms with Crippen LogP contribution in [-0.2, 0) is 6.54 Å². The van der Waals surface area contributed by atoms with Crippen molar-refractivity contribution in [3.63, 3.8) is 0 Å². The zero-order valence-electron chi connectivity index (χ0n) is 7.24. The molecule has 0 radical (unpaired) electrons. The predicted octanol–water partition coefficient (Wildman–Crippen LogP) is 2.40. The molecule has 0 aliphatic heterocycles. The van der Waals surface area contributed by atoms with Crippen molar-refractivity contribution in [1.82, 2.24) is 19.4 Å². The molecule has 0 unspecified atom stereocenters. The number of hydrogen-bond acceptors (Lipinski definition) is 4. The summed E-state index contributed by atoms with van der Waals surface area (Å²) in [6.45, 7) is 2.40. The highest BCUT2D eigenvalue weighted by atomic mass is 35.5. The molecule has 2 aromatic rings. The number of rotatable bonds is 2. The molecule has 0 atom stereocenters. The zero-order chi connectivity index (χ0) is 10.1. The Balaban J connectivity index is 2.27. The van der Waals surface area contributed by atoms with Gasteiger partial charge in [0.05, 0.1) is 23.5 Å². The summed E-state index contributed by atoms with van der Waals surface area (Å²) in [6.07, 6.45) is 1.60. The fourth-order valence-electron chi connectivity index (χ4n) is 1.02. The van der Waals surface area contributed by atoms with Gasteiger partial charge in [-0.3, -0.25) is 4.68 Å². The Morgan fingerprint density at radius 3 is 2.79 bits per heavy atom. The Morgan fingerprint density at radius 1 is 1.50 bits per heavy atom. The minimum absolute atomic E-state index is 0.508. The molecule has 2 rings (SSSR count). The van der Waals surface area contributed by atoms with E-state index in [1.807, 2.05) is 6.92 Å². The maximum Gasteiger partial charge on any atom is 0.139 e. The van der Waals surface area contributed by atoms with E-state index in [1.165, 1.54) is 11.5 Å². The van der Waals surface area contributed by atoms with Crippen molar-refractivity contribution in [3.05, 3.63) is 26.9 Å². The Morgan fingerprint density at radius 2 is 2.29 bits per heavy atom. The average Bonchev–Trinajstić information content (AvgIpc) is 2.68. The second kappa shape index (κ2) is 3.84. The molecular weight excluding hydrogens is 243 g/mol. The van der Waals surface area contributed by atoms with E-state index >= 15 is 0 Å². The second-order valence-electron chi connectivity index (χ2n) is 2.73. The van der Waals surface area contributed by atoms with Crippen molar-refractivity contribution in [3.8, 4) is 0 Å². The Kier molecular flexibility index (Phi) is 2.71. The van der Waals surface area contributed by atoms with E-state index in [9.17, 15) is 0 Å². The number of halogens is 2. The van der Waals surface area contributed by atoms with Crippen molar-refractivity contribution in [1.29, 1.82) is 0 Å². The summed E-state index contributed by atoms with van der Waals surface area (Å²) in [6, 6.07) is 0. The molecule has 14 heavy (non-hydrogen) atoms. The van der Waals surface area contributed by atoms with Crippen LogP contribution in [0.4, 0.5) is 0 Å².